The Labute approximate surface area is 113 Å². The van der Waals surface area contributed by atoms with Crippen LogP contribution in [-0.4, -0.2) is 14.0 Å². The van der Waals surface area contributed by atoms with E-state index in [1.54, 1.807) is 13.8 Å². The minimum absolute atomic E-state index is 0.00424. The molecule has 0 unspecified atom stereocenters. The number of nitriles is 1. The summed E-state index contributed by atoms with van der Waals surface area (Å²) in [6, 6.07) is 5.46. The van der Waals surface area contributed by atoms with Gasteiger partial charge in [-0.25, -0.2) is 12.8 Å². The largest absolute Gasteiger partial charge is 0.242 e. The first-order chi connectivity index (χ1) is 8.80. The van der Waals surface area contributed by atoms with E-state index in [0.717, 1.165) is 12.1 Å². The van der Waals surface area contributed by atoms with E-state index in [9.17, 15) is 12.8 Å². The van der Waals surface area contributed by atoms with Gasteiger partial charge in [0.1, 0.15) is 11.4 Å². The van der Waals surface area contributed by atoms with Crippen molar-refractivity contribution in [2.45, 2.75) is 44.0 Å². The number of halogens is 1. The highest BCUT2D eigenvalue weighted by Crippen LogP contribution is 2.21. The van der Waals surface area contributed by atoms with Crippen LogP contribution < -0.4 is 4.72 Å². The first-order valence-electron chi connectivity index (χ1n) is 6.01. The second kappa shape index (κ2) is 5.68. The Balaban J connectivity index is 3.22. The molecule has 0 aromatic heterocycles. The Morgan fingerprint density at radius 3 is 2.37 bits per heavy atom. The third-order valence-electron chi connectivity index (χ3n) is 3.18. The molecule has 1 aromatic carbocycles. The third kappa shape index (κ3) is 3.31. The van der Waals surface area contributed by atoms with Gasteiger partial charge in [-0.1, -0.05) is 13.8 Å². The second-order valence-electron chi connectivity index (χ2n) is 4.42. The summed E-state index contributed by atoms with van der Waals surface area (Å²) in [4.78, 5) is -0.00424. The molecule has 0 saturated heterocycles. The molecular weight excluding hydrogens is 267 g/mol. The zero-order valence-corrected chi connectivity index (χ0v) is 12.0. The maximum atomic E-state index is 13.0. The van der Waals surface area contributed by atoms with Crippen molar-refractivity contribution in [3.05, 3.63) is 29.6 Å². The molecule has 0 aliphatic heterocycles. The number of sulfonamides is 1. The van der Waals surface area contributed by atoms with Gasteiger partial charge in [-0.05, 0) is 43.5 Å². The summed E-state index contributed by atoms with van der Waals surface area (Å²) in [7, 11) is -3.84. The topological polar surface area (TPSA) is 70.0 Å². The zero-order valence-electron chi connectivity index (χ0n) is 11.2. The lowest BCUT2D eigenvalue weighted by atomic mass is 9.97. The van der Waals surface area contributed by atoms with Crippen LogP contribution in [-0.2, 0) is 10.0 Å². The van der Waals surface area contributed by atoms with Crippen molar-refractivity contribution in [2.75, 3.05) is 0 Å². The molecule has 0 amide bonds. The SMILES string of the molecule is CCC(C#N)(CC)NS(=O)(=O)c1ccc(F)cc1C. The summed E-state index contributed by atoms with van der Waals surface area (Å²) in [5.74, 6) is -0.492. The number of hydrogen-bond donors (Lipinski definition) is 1. The van der Waals surface area contributed by atoms with Gasteiger partial charge in [0.05, 0.1) is 11.0 Å². The highest BCUT2D eigenvalue weighted by Gasteiger charge is 2.32. The fourth-order valence-corrected chi connectivity index (χ4v) is 3.49. The van der Waals surface area contributed by atoms with Crippen LogP contribution in [0.5, 0.6) is 0 Å². The molecule has 0 heterocycles. The molecule has 0 aliphatic carbocycles. The predicted octanol–water partition coefficient (Wildman–Crippen LogP) is 2.49. The molecule has 0 aliphatic rings. The lowest BCUT2D eigenvalue weighted by Crippen LogP contribution is -2.46. The van der Waals surface area contributed by atoms with Crippen molar-refractivity contribution in [1.82, 2.24) is 4.72 Å². The predicted molar refractivity (Wildman–Crippen MR) is 70.4 cm³/mol. The number of nitrogens with zero attached hydrogens (tertiary/aromatic N) is 1. The minimum Gasteiger partial charge on any atom is -0.207 e. The van der Waals surface area contributed by atoms with Crippen LogP contribution in [0.4, 0.5) is 4.39 Å². The summed E-state index contributed by atoms with van der Waals surface area (Å²) in [6.45, 7) is 5.00. The fraction of sp³-hybridized carbons (Fsp3) is 0.462. The average Bonchev–Trinajstić information content (AvgIpc) is 2.35. The smallest absolute Gasteiger partial charge is 0.207 e. The Morgan fingerprint density at radius 1 is 1.37 bits per heavy atom. The van der Waals surface area contributed by atoms with E-state index in [-0.39, 0.29) is 4.90 Å². The van der Waals surface area contributed by atoms with Gasteiger partial charge in [-0.15, -0.1) is 0 Å². The van der Waals surface area contributed by atoms with E-state index < -0.39 is 21.4 Å². The number of rotatable bonds is 5. The van der Waals surface area contributed by atoms with Crippen molar-refractivity contribution in [2.24, 2.45) is 0 Å². The van der Waals surface area contributed by atoms with Gasteiger partial charge in [-0.3, -0.25) is 0 Å². The summed E-state index contributed by atoms with van der Waals surface area (Å²) in [5.41, 5.74) is -0.814. The van der Waals surface area contributed by atoms with E-state index >= 15 is 0 Å². The maximum absolute atomic E-state index is 13.0. The van der Waals surface area contributed by atoms with E-state index in [4.69, 9.17) is 5.26 Å². The van der Waals surface area contributed by atoms with Gasteiger partial charge in [0.15, 0.2) is 0 Å². The van der Waals surface area contributed by atoms with Crippen LogP contribution in [0.15, 0.2) is 23.1 Å². The van der Waals surface area contributed by atoms with Gasteiger partial charge in [0.2, 0.25) is 10.0 Å². The minimum atomic E-state index is -3.84. The van der Waals surface area contributed by atoms with Crippen LogP contribution in [0.2, 0.25) is 0 Å². The van der Waals surface area contributed by atoms with E-state index in [1.807, 2.05) is 6.07 Å². The van der Waals surface area contributed by atoms with E-state index in [0.29, 0.717) is 18.4 Å². The Morgan fingerprint density at radius 2 is 1.95 bits per heavy atom. The molecule has 1 N–H and O–H groups in total. The summed E-state index contributed by atoms with van der Waals surface area (Å²) >= 11 is 0. The molecule has 0 saturated carbocycles. The van der Waals surface area contributed by atoms with Gasteiger partial charge in [0.25, 0.3) is 0 Å². The highest BCUT2D eigenvalue weighted by atomic mass is 32.2. The quantitative estimate of drug-likeness (QED) is 0.903. The van der Waals surface area contributed by atoms with Gasteiger partial charge in [0, 0.05) is 0 Å². The molecular formula is C13H17FN2O2S. The number of nitrogens with one attached hydrogen (secondary N) is 1. The van der Waals surface area contributed by atoms with Crippen molar-refractivity contribution >= 4 is 10.0 Å². The molecule has 1 aromatic rings. The zero-order chi connectivity index (χ0) is 14.7. The van der Waals surface area contributed by atoms with E-state index in [2.05, 4.69) is 4.72 Å². The van der Waals surface area contributed by atoms with E-state index in [1.165, 1.54) is 13.0 Å². The molecule has 4 nitrogen and oxygen atoms in total. The lowest BCUT2D eigenvalue weighted by Gasteiger charge is -2.25. The Kier molecular flexibility index (Phi) is 4.66. The van der Waals surface area contributed by atoms with Crippen LogP contribution in [0.1, 0.15) is 32.3 Å². The molecule has 6 heteroatoms. The molecule has 0 fully saturated rings. The highest BCUT2D eigenvalue weighted by molar-refractivity contribution is 7.89. The van der Waals surface area contributed by atoms with Crippen molar-refractivity contribution in [3.8, 4) is 6.07 Å². The summed E-state index contributed by atoms with van der Waals surface area (Å²) in [6.07, 6.45) is 0.721. The van der Waals surface area contributed by atoms with Crippen LogP contribution >= 0.6 is 0 Å². The van der Waals surface area contributed by atoms with Gasteiger partial charge >= 0.3 is 0 Å². The lowest BCUT2D eigenvalue weighted by molar-refractivity contribution is 0.446. The van der Waals surface area contributed by atoms with Crippen LogP contribution in [0, 0.1) is 24.1 Å². The molecule has 1 rings (SSSR count). The fourth-order valence-electron chi connectivity index (χ4n) is 1.80. The normalized spacial score (nSPS) is 12.2. The Hall–Kier alpha value is -1.45. The maximum Gasteiger partial charge on any atom is 0.242 e. The first kappa shape index (κ1) is 15.6. The summed E-state index contributed by atoms with van der Waals surface area (Å²) in [5, 5.41) is 9.16. The third-order valence-corrected chi connectivity index (χ3v) is 4.87. The molecule has 0 atom stereocenters. The second-order valence-corrected chi connectivity index (χ2v) is 6.07. The first-order valence-corrected chi connectivity index (χ1v) is 7.50. The average molecular weight is 284 g/mol. The molecule has 19 heavy (non-hydrogen) atoms. The monoisotopic (exact) mass is 284 g/mol. The summed E-state index contributed by atoms with van der Waals surface area (Å²) < 4.78 is 40.0. The molecule has 0 bridgehead atoms. The Bertz CT molecular complexity index is 602. The number of benzene rings is 1. The molecule has 0 radical (unpaired) electrons. The molecule has 0 spiro atoms. The van der Waals surface area contributed by atoms with Crippen molar-refractivity contribution < 1.29 is 12.8 Å². The number of aryl methyl sites for hydroxylation is 1. The molecule has 104 valence electrons. The van der Waals surface area contributed by atoms with Gasteiger partial charge < -0.3 is 0 Å². The van der Waals surface area contributed by atoms with Crippen molar-refractivity contribution in [3.63, 3.8) is 0 Å². The van der Waals surface area contributed by atoms with Gasteiger partial charge in [-0.2, -0.15) is 9.98 Å². The van der Waals surface area contributed by atoms with Crippen molar-refractivity contribution in [1.29, 1.82) is 5.26 Å². The standard InChI is InChI=1S/C13H17FN2O2S/c1-4-13(5-2,9-15)16-19(17,18)12-7-6-11(14)8-10(12)3/h6-8,16H,4-5H2,1-3H3. The number of hydrogen-bond acceptors (Lipinski definition) is 3. The van der Waals surface area contributed by atoms with Crippen LogP contribution in [0.25, 0.3) is 0 Å². The van der Waals surface area contributed by atoms with Crippen LogP contribution in [0.3, 0.4) is 0 Å².